The Kier molecular flexibility index (Phi) is 4.92. The number of nitrogens with zero attached hydrogens (tertiary/aromatic N) is 1. The van der Waals surface area contributed by atoms with Crippen molar-refractivity contribution in [2.24, 2.45) is 0 Å². The number of aryl methyl sites for hydroxylation is 1. The summed E-state index contributed by atoms with van der Waals surface area (Å²) in [7, 11) is 0. The van der Waals surface area contributed by atoms with E-state index in [2.05, 4.69) is 4.90 Å². The summed E-state index contributed by atoms with van der Waals surface area (Å²) in [5.41, 5.74) is 0. The highest BCUT2D eigenvalue weighted by Crippen LogP contribution is 2.23. The Hall–Kier alpha value is -1.78. The van der Waals surface area contributed by atoms with Gasteiger partial charge in [-0.3, -0.25) is 4.90 Å². The maximum Gasteiger partial charge on any atom is 0.165 e. The molecule has 0 N–H and O–H groups in total. The van der Waals surface area contributed by atoms with Crippen LogP contribution in [0.4, 0.5) is 0 Å². The van der Waals surface area contributed by atoms with Crippen LogP contribution in [0.1, 0.15) is 12.2 Å². The number of para-hydroxylation sites is 1. The normalized spacial score (nSPS) is 16.0. The average molecular weight is 287 g/mol. The molecule has 0 saturated carbocycles. The van der Waals surface area contributed by atoms with Crippen LogP contribution in [0, 0.1) is 0 Å². The number of benzene rings is 1. The van der Waals surface area contributed by atoms with E-state index in [1.807, 2.05) is 36.4 Å². The topological polar surface area (TPSA) is 34.8 Å². The third kappa shape index (κ3) is 4.34. The average Bonchev–Trinajstić information content (AvgIpc) is 2.97. The summed E-state index contributed by atoms with van der Waals surface area (Å²) in [6.07, 6.45) is 3.71. The molecule has 1 aromatic heterocycles. The van der Waals surface area contributed by atoms with Gasteiger partial charge in [0.1, 0.15) is 17.8 Å². The number of hydrogen-bond acceptors (Lipinski definition) is 4. The van der Waals surface area contributed by atoms with Crippen LogP contribution < -0.4 is 4.74 Å². The monoisotopic (exact) mass is 287 g/mol. The molecule has 1 aliphatic rings. The molecule has 0 atom stereocenters. The number of hydrogen-bond donors (Lipinski definition) is 0. The summed E-state index contributed by atoms with van der Waals surface area (Å²) in [5.74, 6) is 2.58. The van der Waals surface area contributed by atoms with Gasteiger partial charge in [-0.05, 0) is 25.1 Å². The molecule has 1 aliphatic heterocycles. The molecule has 1 saturated heterocycles. The van der Waals surface area contributed by atoms with Crippen LogP contribution in [-0.4, -0.2) is 37.7 Å². The van der Waals surface area contributed by atoms with Crippen LogP contribution in [0.2, 0.25) is 0 Å². The van der Waals surface area contributed by atoms with Crippen LogP contribution in [0.25, 0.3) is 0 Å². The fraction of sp³-hybridized carbons (Fsp3) is 0.412. The highest BCUT2D eigenvalue weighted by atomic mass is 16.5. The Labute approximate surface area is 125 Å². The zero-order valence-corrected chi connectivity index (χ0v) is 12.2. The van der Waals surface area contributed by atoms with Gasteiger partial charge in [-0.2, -0.15) is 0 Å². The first-order chi connectivity index (χ1) is 10.4. The summed E-state index contributed by atoms with van der Waals surface area (Å²) < 4.78 is 16.6. The molecule has 2 heterocycles. The number of rotatable bonds is 6. The van der Waals surface area contributed by atoms with Gasteiger partial charge in [-0.1, -0.05) is 18.2 Å². The zero-order valence-electron chi connectivity index (χ0n) is 12.2. The molecule has 1 fully saturated rings. The molecule has 0 radical (unpaired) electrons. The predicted octanol–water partition coefficient (Wildman–Crippen LogP) is 3.34. The van der Waals surface area contributed by atoms with Crippen molar-refractivity contribution in [3.05, 3.63) is 48.4 Å². The molecule has 112 valence electrons. The van der Waals surface area contributed by atoms with E-state index in [4.69, 9.17) is 13.9 Å². The SMILES string of the molecule is c1ccc(Oc2coc(CCCN3CCOCC3)c2)cc1. The van der Waals surface area contributed by atoms with Gasteiger partial charge in [-0.15, -0.1) is 0 Å². The van der Waals surface area contributed by atoms with Crippen LogP contribution in [-0.2, 0) is 11.2 Å². The third-order valence-electron chi connectivity index (χ3n) is 3.61. The van der Waals surface area contributed by atoms with Gasteiger partial charge in [0, 0.05) is 25.6 Å². The molecular weight excluding hydrogens is 266 g/mol. The smallest absolute Gasteiger partial charge is 0.165 e. The Morgan fingerprint density at radius 1 is 1.05 bits per heavy atom. The second-order valence-electron chi connectivity index (χ2n) is 5.22. The molecule has 4 nitrogen and oxygen atoms in total. The second-order valence-corrected chi connectivity index (χ2v) is 5.22. The van der Waals surface area contributed by atoms with Gasteiger partial charge in [0.05, 0.1) is 13.2 Å². The molecule has 1 aromatic carbocycles. The molecule has 0 amide bonds. The van der Waals surface area contributed by atoms with Crippen molar-refractivity contribution in [2.45, 2.75) is 12.8 Å². The number of ether oxygens (including phenoxy) is 2. The predicted molar refractivity (Wildman–Crippen MR) is 80.8 cm³/mol. The lowest BCUT2D eigenvalue weighted by Crippen LogP contribution is -2.36. The van der Waals surface area contributed by atoms with Crippen molar-refractivity contribution in [1.82, 2.24) is 4.90 Å². The van der Waals surface area contributed by atoms with Gasteiger partial charge < -0.3 is 13.9 Å². The molecule has 21 heavy (non-hydrogen) atoms. The minimum atomic E-state index is 0.766. The van der Waals surface area contributed by atoms with Crippen LogP contribution in [0.5, 0.6) is 11.5 Å². The fourth-order valence-corrected chi connectivity index (χ4v) is 2.47. The highest BCUT2D eigenvalue weighted by molar-refractivity contribution is 5.29. The quantitative estimate of drug-likeness (QED) is 0.816. The van der Waals surface area contributed by atoms with E-state index in [9.17, 15) is 0 Å². The Morgan fingerprint density at radius 3 is 2.67 bits per heavy atom. The molecule has 3 rings (SSSR count). The summed E-state index contributed by atoms with van der Waals surface area (Å²) in [4.78, 5) is 2.44. The zero-order chi connectivity index (χ0) is 14.3. The van der Waals surface area contributed by atoms with Crippen molar-refractivity contribution >= 4 is 0 Å². The molecule has 0 bridgehead atoms. The van der Waals surface area contributed by atoms with Crippen molar-refractivity contribution in [3.63, 3.8) is 0 Å². The van der Waals surface area contributed by atoms with E-state index >= 15 is 0 Å². The van der Waals surface area contributed by atoms with Gasteiger partial charge in [-0.25, -0.2) is 0 Å². The van der Waals surface area contributed by atoms with Gasteiger partial charge >= 0.3 is 0 Å². The lowest BCUT2D eigenvalue weighted by atomic mass is 10.2. The summed E-state index contributed by atoms with van der Waals surface area (Å²) in [5, 5.41) is 0. The first-order valence-corrected chi connectivity index (χ1v) is 7.50. The van der Waals surface area contributed by atoms with Crippen molar-refractivity contribution in [1.29, 1.82) is 0 Å². The maximum atomic E-state index is 5.73. The largest absolute Gasteiger partial charge is 0.465 e. The lowest BCUT2D eigenvalue weighted by molar-refractivity contribution is 0.0373. The van der Waals surface area contributed by atoms with E-state index < -0.39 is 0 Å². The van der Waals surface area contributed by atoms with Crippen LogP contribution in [0.3, 0.4) is 0 Å². The second kappa shape index (κ2) is 7.29. The minimum absolute atomic E-state index is 0.766. The van der Waals surface area contributed by atoms with Crippen molar-refractivity contribution in [3.8, 4) is 11.5 Å². The van der Waals surface area contributed by atoms with E-state index in [1.165, 1.54) is 0 Å². The van der Waals surface area contributed by atoms with E-state index in [1.54, 1.807) is 6.26 Å². The van der Waals surface area contributed by atoms with Gasteiger partial charge in [0.25, 0.3) is 0 Å². The molecule has 0 aliphatic carbocycles. The molecular formula is C17H21NO3. The standard InChI is InChI=1S/C17H21NO3/c1-2-5-15(6-3-1)21-17-13-16(20-14-17)7-4-8-18-9-11-19-12-10-18/h1-3,5-6,13-14H,4,7-12H2. The Bertz CT molecular complexity index is 532. The molecule has 0 unspecified atom stereocenters. The molecule has 4 heteroatoms. The number of morpholine rings is 1. The molecule has 2 aromatic rings. The van der Waals surface area contributed by atoms with Crippen molar-refractivity contribution < 1.29 is 13.9 Å². The minimum Gasteiger partial charge on any atom is -0.465 e. The first-order valence-electron chi connectivity index (χ1n) is 7.50. The summed E-state index contributed by atoms with van der Waals surface area (Å²) in [6, 6.07) is 11.7. The van der Waals surface area contributed by atoms with E-state index in [0.29, 0.717) is 0 Å². The van der Waals surface area contributed by atoms with Crippen molar-refractivity contribution in [2.75, 3.05) is 32.8 Å². The fourth-order valence-electron chi connectivity index (χ4n) is 2.47. The lowest BCUT2D eigenvalue weighted by Gasteiger charge is -2.26. The summed E-state index contributed by atoms with van der Waals surface area (Å²) >= 11 is 0. The van der Waals surface area contributed by atoms with E-state index in [-0.39, 0.29) is 0 Å². The van der Waals surface area contributed by atoms with Gasteiger partial charge in [0.15, 0.2) is 5.75 Å². The Morgan fingerprint density at radius 2 is 1.86 bits per heavy atom. The maximum absolute atomic E-state index is 5.73. The Balaban J connectivity index is 1.44. The highest BCUT2D eigenvalue weighted by Gasteiger charge is 2.10. The first kappa shape index (κ1) is 14.2. The summed E-state index contributed by atoms with van der Waals surface area (Å²) in [6.45, 7) is 4.89. The van der Waals surface area contributed by atoms with E-state index in [0.717, 1.165) is 62.9 Å². The third-order valence-corrected chi connectivity index (χ3v) is 3.61. The van der Waals surface area contributed by atoms with Crippen LogP contribution >= 0.6 is 0 Å². The molecule has 0 spiro atoms. The number of furan rings is 1. The van der Waals surface area contributed by atoms with Crippen LogP contribution in [0.15, 0.2) is 47.1 Å². The van der Waals surface area contributed by atoms with Gasteiger partial charge in [0.2, 0.25) is 0 Å².